The average molecular weight is 443 g/mol. The maximum atomic E-state index is 13.3. The van der Waals surface area contributed by atoms with E-state index in [1.54, 1.807) is 19.1 Å². The summed E-state index contributed by atoms with van der Waals surface area (Å²) in [5, 5.41) is 0.768. The van der Waals surface area contributed by atoms with Crippen LogP contribution in [0.5, 0.6) is 0 Å². The molecule has 0 unspecified atom stereocenters. The molecule has 0 atom stereocenters. The van der Waals surface area contributed by atoms with Crippen LogP contribution in [0.1, 0.15) is 11.3 Å². The quantitative estimate of drug-likeness (QED) is 0.512. The molecule has 9 heteroatoms. The average Bonchev–Trinajstić information content (AvgIpc) is 2.93. The smallest absolute Gasteiger partial charge is 0.309 e. The number of para-hydroxylation sites is 1. The summed E-state index contributed by atoms with van der Waals surface area (Å²) in [4.78, 5) is 2.46. The second-order valence-electron chi connectivity index (χ2n) is 6.88. The fourth-order valence-corrected chi connectivity index (χ4v) is 6.02. The second kappa shape index (κ2) is 8.04. The Bertz CT molecular complexity index is 1140. The van der Waals surface area contributed by atoms with Crippen LogP contribution in [0.4, 0.5) is 13.2 Å². The van der Waals surface area contributed by atoms with Crippen molar-refractivity contribution in [3.05, 3.63) is 59.8 Å². The van der Waals surface area contributed by atoms with Gasteiger partial charge in [0.25, 0.3) is 10.0 Å². The number of fused-ring (bicyclic) bond motifs is 1. The van der Waals surface area contributed by atoms with E-state index in [9.17, 15) is 21.6 Å². The highest BCUT2D eigenvalue weighted by Crippen LogP contribution is 2.37. The summed E-state index contributed by atoms with van der Waals surface area (Å²) in [6, 6.07) is 10.9. The predicted octanol–water partition coefficient (Wildman–Crippen LogP) is 4.86. The Morgan fingerprint density at radius 2 is 1.76 bits per heavy atom. The lowest BCUT2D eigenvalue weighted by molar-refractivity contribution is -0.137. The Kier molecular flexibility index (Phi) is 6.03. The number of rotatable bonds is 6. The number of nitrogens with zero attached hydrogens (tertiary/aromatic N) is 2. The zero-order chi connectivity index (χ0) is 21.4. The molecule has 0 bridgehead atoms. The van der Waals surface area contributed by atoms with Crippen LogP contribution in [0.15, 0.2) is 58.3 Å². The standard InChI is InChI=1S/C20H21F3N2O2S2/c1-14-19(28-12-11-24(2)3)17-9-4-5-10-18(17)25(14)29(26,27)16-8-6-7-15(13-16)20(21,22)23/h4-10,13H,11-12H2,1-3H3. The molecule has 4 nitrogen and oxygen atoms in total. The number of thioether (sulfide) groups is 1. The third-order valence-electron chi connectivity index (χ3n) is 4.49. The van der Waals surface area contributed by atoms with Gasteiger partial charge in [0.15, 0.2) is 0 Å². The molecular formula is C20H21F3N2O2S2. The molecule has 0 spiro atoms. The van der Waals surface area contributed by atoms with Crippen molar-refractivity contribution in [1.29, 1.82) is 0 Å². The lowest BCUT2D eigenvalue weighted by atomic mass is 10.2. The van der Waals surface area contributed by atoms with Gasteiger partial charge in [-0.2, -0.15) is 13.2 Å². The van der Waals surface area contributed by atoms with Gasteiger partial charge in [-0.05, 0) is 45.3 Å². The first-order valence-corrected chi connectivity index (χ1v) is 11.3. The van der Waals surface area contributed by atoms with Crippen LogP contribution in [0.3, 0.4) is 0 Å². The maximum absolute atomic E-state index is 13.3. The third kappa shape index (κ3) is 4.31. The van der Waals surface area contributed by atoms with Gasteiger partial charge in [0.1, 0.15) is 0 Å². The Labute approximate surface area is 172 Å². The number of alkyl halides is 3. The van der Waals surface area contributed by atoms with E-state index in [0.717, 1.165) is 38.7 Å². The van der Waals surface area contributed by atoms with E-state index < -0.39 is 21.8 Å². The van der Waals surface area contributed by atoms with Gasteiger partial charge in [-0.1, -0.05) is 24.3 Å². The van der Waals surface area contributed by atoms with Crippen molar-refractivity contribution in [3.8, 4) is 0 Å². The summed E-state index contributed by atoms with van der Waals surface area (Å²) in [5.41, 5.74) is -0.0459. The molecule has 0 aliphatic heterocycles. The van der Waals surface area contributed by atoms with Crippen LogP contribution < -0.4 is 0 Å². The third-order valence-corrected chi connectivity index (χ3v) is 7.48. The maximum Gasteiger partial charge on any atom is 0.416 e. The van der Waals surface area contributed by atoms with Gasteiger partial charge in [-0.3, -0.25) is 0 Å². The van der Waals surface area contributed by atoms with E-state index >= 15 is 0 Å². The monoisotopic (exact) mass is 442 g/mol. The van der Waals surface area contributed by atoms with Gasteiger partial charge in [0, 0.05) is 28.3 Å². The first-order valence-electron chi connectivity index (χ1n) is 8.84. The minimum atomic E-state index is -4.62. The Morgan fingerprint density at radius 1 is 1.07 bits per heavy atom. The SMILES string of the molecule is Cc1c(SCCN(C)C)c2ccccc2n1S(=O)(=O)c1cccc(C(F)(F)F)c1. The topological polar surface area (TPSA) is 42.3 Å². The molecule has 1 heterocycles. The molecule has 3 aromatic rings. The molecule has 0 radical (unpaired) electrons. The van der Waals surface area contributed by atoms with Crippen molar-refractivity contribution in [2.75, 3.05) is 26.4 Å². The molecule has 0 N–H and O–H groups in total. The molecule has 0 amide bonds. The Balaban J connectivity index is 2.15. The van der Waals surface area contributed by atoms with E-state index in [4.69, 9.17) is 0 Å². The van der Waals surface area contributed by atoms with Gasteiger partial charge in [0.05, 0.1) is 16.0 Å². The van der Waals surface area contributed by atoms with E-state index in [1.165, 1.54) is 17.8 Å². The Morgan fingerprint density at radius 3 is 2.41 bits per heavy atom. The molecule has 29 heavy (non-hydrogen) atoms. The van der Waals surface area contributed by atoms with E-state index in [1.807, 2.05) is 31.1 Å². The van der Waals surface area contributed by atoms with Crippen molar-refractivity contribution in [1.82, 2.24) is 8.87 Å². The van der Waals surface area contributed by atoms with Crippen LogP contribution >= 0.6 is 11.8 Å². The highest BCUT2D eigenvalue weighted by atomic mass is 32.2. The molecule has 1 aromatic heterocycles. The van der Waals surface area contributed by atoms with Crippen LogP contribution in [-0.4, -0.2) is 43.7 Å². The van der Waals surface area contributed by atoms with Crippen LogP contribution in [0, 0.1) is 6.92 Å². The van der Waals surface area contributed by atoms with E-state index in [-0.39, 0.29) is 4.90 Å². The summed E-state index contributed by atoms with van der Waals surface area (Å²) in [7, 11) is -0.300. The van der Waals surface area contributed by atoms with Crippen molar-refractivity contribution >= 4 is 32.7 Å². The molecule has 156 valence electrons. The lowest BCUT2D eigenvalue weighted by Crippen LogP contribution is -2.16. The minimum Gasteiger partial charge on any atom is -0.309 e. The second-order valence-corrected chi connectivity index (χ2v) is 9.77. The molecular weight excluding hydrogens is 421 g/mol. The van der Waals surface area contributed by atoms with Gasteiger partial charge in [-0.15, -0.1) is 11.8 Å². The van der Waals surface area contributed by atoms with Gasteiger partial charge in [-0.25, -0.2) is 12.4 Å². The molecule has 2 aromatic carbocycles. The van der Waals surface area contributed by atoms with Gasteiger partial charge < -0.3 is 4.90 Å². The summed E-state index contributed by atoms with van der Waals surface area (Å²) in [6.45, 7) is 2.49. The fraction of sp³-hybridized carbons (Fsp3) is 0.300. The number of benzene rings is 2. The summed E-state index contributed by atoms with van der Waals surface area (Å²) in [6.07, 6.45) is -4.62. The normalized spacial score (nSPS) is 12.8. The molecule has 0 saturated carbocycles. The number of hydrogen-bond donors (Lipinski definition) is 0. The first kappa shape index (κ1) is 21.7. The number of aromatic nitrogens is 1. The van der Waals surface area contributed by atoms with Gasteiger partial charge in [0.2, 0.25) is 0 Å². The lowest BCUT2D eigenvalue weighted by Gasteiger charge is -2.13. The Hall–Kier alpha value is -1.97. The van der Waals surface area contributed by atoms with Crippen molar-refractivity contribution in [3.63, 3.8) is 0 Å². The largest absolute Gasteiger partial charge is 0.416 e. The van der Waals surface area contributed by atoms with E-state index in [0.29, 0.717) is 17.3 Å². The summed E-state index contributed by atoms with van der Waals surface area (Å²) in [5.74, 6) is 0.755. The zero-order valence-electron chi connectivity index (χ0n) is 16.2. The molecule has 0 aliphatic rings. The first-order chi connectivity index (χ1) is 13.5. The summed E-state index contributed by atoms with van der Waals surface area (Å²) >= 11 is 1.54. The van der Waals surface area contributed by atoms with Crippen LogP contribution in [0.2, 0.25) is 0 Å². The highest BCUT2D eigenvalue weighted by Gasteiger charge is 2.33. The van der Waals surface area contributed by atoms with Crippen molar-refractivity contribution in [2.24, 2.45) is 0 Å². The van der Waals surface area contributed by atoms with Crippen LogP contribution in [0.25, 0.3) is 10.9 Å². The molecule has 3 rings (SSSR count). The molecule has 0 fully saturated rings. The molecule has 0 aliphatic carbocycles. The number of halogens is 3. The van der Waals surface area contributed by atoms with Crippen molar-refractivity contribution < 1.29 is 21.6 Å². The highest BCUT2D eigenvalue weighted by molar-refractivity contribution is 7.99. The van der Waals surface area contributed by atoms with Gasteiger partial charge >= 0.3 is 6.18 Å². The number of hydrogen-bond acceptors (Lipinski definition) is 4. The minimum absolute atomic E-state index is 0.388. The molecule has 0 saturated heterocycles. The summed E-state index contributed by atoms with van der Waals surface area (Å²) < 4.78 is 67.1. The van der Waals surface area contributed by atoms with Crippen LogP contribution in [-0.2, 0) is 16.2 Å². The predicted molar refractivity (Wildman–Crippen MR) is 110 cm³/mol. The van der Waals surface area contributed by atoms with Crippen molar-refractivity contribution in [2.45, 2.75) is 22.9 Å². The fourth-order valence-electron chi connectivity index (χ4n) is 3.07. The van der Waals surface area contributed by atoms with E-state index in [2.05, 4.69) is 0 Å². The zero-order valence-corrected chi connectivity index (χ0v) is 17.8.